The Hall–Kier alpha value is -3.70. The molecule has 2 saturated carbocycles. The second-order valence-electron chi connectivity index (χ2n) is 14.5. The van der Waals surface area contributed by atoms with Crippen molar-refractivity contribution in [1.82, 2.24) is 10.2 Å². The van der Waals surface area contributed by atoms with Gasteiger partial charge in [0.25, 0.3) is 5.91 Å². The van der Waals surface area contributed by atoms with Gasteiger partial charge < -0.3 is 30.5 Å². The predicted octanol–water partition coefficient (Wildman–Crippen LogP) is 3.58. The lowest BCUT2D eigenvalue weighted by Gasteiger charge is -2.54. The number of fused-ring (bicyclic) bond motifs is 3. The maximum Gasteiger partial charge on any atom is 0.305 e. The number of amides is 1. The molecule has 0 aromatic heterocycles. The number of carbonyl (C=O) groups excluding carboxylic acids is 4. The first-order chi connectivity index (χ1) is 21.5. The number of ketones is 2. The average molecular weight is 639 g/mol. The van der Waals surface area contributed by atoms with Crippen LogP contribution in [-0.4, -0.2) is 87.2 Å². The van der Waals surface area contributed by atoms with Gasteiger partial charge in [-0.1, -0.05) is 59.6 Å². The van der Waals surface area contributed by atoms with Gasteiger partial charge in [-0.2, -0.15) is 0 Å². The van der Waals surface area contributed by atoms with Crippen LogP contribution in [0.3, 0.4) is 0 Å². The van der Waals surface area contributed by atoms with Crippen LogP contribution < -0.4 is 5.32 Å². The zero-order valence-electron chi connectivity index (χ0n) is 27.6. The first-order valence-electron chi connectivity index (χ1n) is 16.2. The number of rotatable bonds is 6. The number of phenols is 1. The molecule has 4 aliphatic rings. The second kappa shape index (κ2) is 11.8. The van der Waals surface area contributed by atoms with Crippen LogP contribution in [0.2, 0.25) is 0 Å². The third-order valence-corrected chi connectivity index (χ3v) is 10.5. The van der Waals surface area contributed by atoms with Gasteiger partial charge in [-0.3, -0.25) is 24.1 Å². The number of aliphatic hydroxyl groups is 3. The molecule has 0 unspecified atom stereocenters. The minimum Gasteiger partial charge on any atom is -0.508 e. The molecule has 1 aromatic rings. The van der Waals surface area contributed by atoms with E-state index < -0.39 is 81.4 Å². The van der Waals surface area contributed by atoms with Gasteiger partial charge in [-0.25, -0.2) is 0 Å². The van der Waals surface area contributed by atoms with Crippen molar-refractivity contribution in [3.63, 3.8) is 0 Å². The molecule has 1 aromatic carbocycles. The molecular formula is C35H46N2O9. The van der Waals surface area contributed by atoms with E-state index in [-0.39, 0.29) is 35.8 Å². The number of benzene rings is 1. The van der Waals surface area contributed by atoms with Crippen LogP contribution in [0.1, 0.15) is 89.3 Å². The number of esters is 1. The van der Waals surface area contributed by atoms with E-state index in [2.05, 4.69) is 5.32 Å². The predicted molar refractivity (Wildman–Crippen MR) is 169 cm³/mol. The summed E-state index contributed by atoms with van der Waals surface area (Å²) in [6, 6.07) is 2.13. The molecular weight excluding hydrogens is 592 g/mol. The highest BCUT2D eigenvalue weighted by molar-refractivity contribution is 6.25. The molecule has 0 saturated heterocycles. The summed E-state index contributed by atoms with van der Waals surface area (Å²) >= 11 is 0. The van der Waals surface area contributed by atoms with Crippen LogP contribution in [0.5, 0.6) is 5.75 Å². The summed E-state index contributed by atoms with van der Waals surface area (Å²) < 4.78 is 5.95. The molecule has 11 heteroatoms. The Kier molecular flexibility index (Phi) is 8.66. The van der Waals surface area contributed by atoms with E-state index in [1.165, 1.54) is 19.0 Å². The SMILES string of the molecule is CCC(=O)O[C@@H]1[C@@H]2C(=C(O)c3c(ccc(C(C)(C)C)c3O)[C@H]2C)C(=O)[C@@]2(O)C(O)=C(C(=O)NCC3CCCC3)C(=O)[C@H](N(C)C)[C@@H]12. The van der Waals surface area contributed by atoms with Crippen LogP contribution in [0.25, 0.3) is 5.76 Å². The maximum atomic E-state index is 14.7. The minimum atomic E-state index is -2.92. The van der Waals surface area contributed by atoms with E-state index in [0.29, 0.717) is 11.1 Å². The van der Waals surface area contributed by atoms with E-state index in [1.54, 1.807) is 26.0 Å². The number of hydrogen-bond acceptors (Lipinski definition) is 10. The third-order valence-electron chi connectivity index (χ3n) is 10.5. The van der Waals surface area contributed by atoms with Crippen molar-refractivity contribution >= 4 is 29.2 Å². The van der Waals surface area contributed by atoms with Crippen molar-refractivity contribution < 1.29 is 44.3 Å². The van der Waals surface area contributed by atoms with E-state index in [0.717, 1.165) is 25.7 Å². The molecule has 0 spiro atoms. The Bertz CT molecular complexity index is 1550. The summed E-state index contributed by atoms with van der Waals surface area (Å²) in [5.41, 5.74) is -3.54. The lowest BCUT2D eigenvalue weighted by molar-refractivity contribution is -0.185. The largest absolute Gasteiger partial charge is 0.508 e. The van der Waals surface area contributed by atoms with Crippen LogP contribution in [0.4, 0.5) is 0 Å². The van der Waals surface area contributed by atoms with Crippen molar-refractivity contribution in [2.75, 3.05) is 20.6 Å². The van der Waals surface area contributed by atoms with E-state index >= 15 is 0 Å². The molecule has 1 amide bonds. The fraction of sp³-hybridized carbons (Fsp3) is 0.600. The van der Waals surface area contributed by atoms with Gasteiger partial charge in [0.2, 0.25) is 5.78 Å². The summed E-state index contributed by atoms with van der Waals surface area (Å²) in [6.07, 6.45) is 2.42. The maximum absolute atomic E-state index is 14.7. The van der Waals surface area contributed by atoms with Gasteiger partial charge in [-0.05, 0) is 49.8 Å². The molecule has 5 N–H and O–H groups in total. The smallest absolute Gasteiger partial charge is 0.305 e. The monoisotopic (exact) mass is 638 g/mol. The van der Waals surface area contributed by atoms with Crippen LogP contribution in [0.15, 0.2) is 29.0 Å². The average Bonchev–Trinajstić information content (AvgIpc) is 3.50. The molecule has 6 atom stereocenters. The Balaban J connectivity index is 1.76. The molecule has 2 fully saturated rings. The third kappa shape index (κ3) is 5.02. The summed E-state index contributed by atoms with van der Waals surface area (Å²) in [7, 11) is 3.08. The van der Waals surface area contributed by atoms with Crippen molar-refractivity contribution in [2.24, 2.45) is 17.8 Å². The van der Waals surface area contributed by atoms with Crippen LogP contribution in [-0.2, 0) is 29.3 Å². The summed E-state index contributed by atoms with van der Waals surface area (Å²) in [6.45, 7) is 9.24. The molecule has 0 radical (unpaired) electrons. The van der Waals surface area contributed by atoms with Crippen molar-refractivity contribution in [3.8, 4) is 5.75 Å². The number of phenolic OH excluding ortho intramolecular Hbond substituents is 1. The number of aromatic hydroxyl groups is 1. The molecule has 4 aliphatic carbocycles. The van der Waals surface area contributed by atoms with Crippen molar-refractivity contribution in [3.05, 3.63) is 45.7 Å². The summed E-state index contributed by atoms with van der Waals surface area (Å²) in [4.78, 5) is 56.7. The van der Waals surface area contributed by atoms with E-state index in [4.69, 9.17) is 4.74 Å². The molecule has 0 heterocycles. The molecule has 0 bridgehead atoms. The standard InChI is InChI=1S/C35H46N2O9/c1-8-20(38)46-30-21-16(2)18-13-14-19(34(3,4)5)27(39)22(18)28(40)23(21)31(42)35(45)25(30)26(37(6)7)29(41)24(32(35)43)33(44)36-15-17-11-9-10-12-17/h13-14,16-17,21,25-26,30,39-40,43,45H,8-12,15H2,1-7H3,(H,36,44)/t16-,21+,25+,26-,30-,35-/m1/s1. The highest BCUT2D eigenvalue weighted by Crippen LogP contribution is 2.57. The normalized spacial score (nSPS) is 29.9. The Morgan fingerprint density at radius 1 is 1.09 bits per heavy atom. The lowest BCUT2D eigenvalue weighted by atomic mass is 9.54. The highest BCUT2D eigenvalue weighted by atomic mass is 16.5. The highest BCUT2D eigenvalue weighted by Gasteiger charge is 2.69. The molecule has 46 heavy (non-hydrogen) atoms. The Morgan fingerprint density at radius 3 is 2.28 bits per heavy atom. The number of aliphatic hydroxyl groups excluding tert-OH is 2. The molecule has 5 rings (SSSR count). The van der Waals surface area contributed by atoms with Gasteiger partial charge in [0.1, 0.15) is 28.9 Å². The summed E-state index contributed by atoms with van der Waals surface area (Å²) in [5, 5.41) is 50.1. The number of ether oxygens (including phenoxy) is 1. The summed E-state index contributed by atoms with van der Waals surface area (Å²) in [5.74, 6) is -8.57. The van der Waals surface area contributed by atoms with Gasteiger partial charge in [0.05, 0.1) is 17.5 Å². The lowest BCUT2D eigenvalue weighted by Crippen LogP contribution is -2.71. The Morgan fingerprint density at radius 2 is 1.72 bits per heavy atom. The quantitative estimate of drug-likeness (QED) is 0.229. The number of likely N-dealkylation sites (N-methyl/N-ethyl adjacent to an activating group) is 1. The topological polar surface area (TPSA) is 174 Å². The van der Waals surface area contributed by atoms with Crippen molar-refractivity contribution in [1.29, 1.82) is 0 Å². The number of carbonyl (C=O) groups is 4. The zero-order valence-corrected chi connectivity index (χ0v) is 27.6. The van der Waals surface area contributed by atoms with Crippen LogP contribution >= 0.6 is 0 Å². The molecule has 11 nitrogen and oxygen atoms in total. The Labute approximate surface area is 269 Å². The van der Waals surface area contributed by atoms with Crippen molar-refractivity contribution in [2.45, 2.75) is 95.8 Å². The van der Waals surface area contributed by atoms with Gasteiger partial charge in [0, 0.05) is 30.0 Å². The number of nitrogens with zero attached hydrogens (tertiary/aromatic N) is 1. The fourth-order valence-corrected chi connectivity index (χ4v) is 8.09. The molecule has 0 aliphatic heterocycles. The number of nitrogens with one attached hydrogen (secondary N) is 1. The minimum absolute atomic E-state index is 0.0104. The van der Waals surface area contributed by atoms with E-state index in [9.17, 15) is 39.6 Å². The van der Waals surface area contributed by atoms with Gasteiger partial charge in [-0.15, -0.1) is 0 Å². The zero-order chi connectivity index (χ0) is 34.0. The van der Waals surface area contributed by atoms with Crippen LogP contribution in [0, 0.1) is 17.8 Å². The number of hydrogen-bond donors (Lipinski definition) is 5. The fourth-order valence-electron chi connectivity index (χ4n) is 8.09. The van der Waals surface area contributed by atoms with Gasteiger partial charge in [0.15, 0.2) is 11.4 Å². The first kappa shape index (κ1) is 33.7. The number of Topliss-reactive ketones (excluding diaryl/α,β-unsaturated/α-hetero) is 2. The first-order valence-corrected chi connectivity index (χ1v) is 16.2. The van der Waals surface area contributed by atoms with Gasteiger partial charge >= 0.3 is 5.97 Å². The van der Waals surface area contributed by atoms with E-state index in [1.807, 2.05) is 20.8 Å². The molecule has 250 valence electrons. The second-order valence-corrected chi connectivity index (χ2v) is 14.5.